The molecule has 126 valence electrons. The first-order chi connectivity index (χ1) is 12.2. The highest BCUT2D eigenvalue weighted by molar-refractivity contribution is 5.94. The van der Waals surface area contributed by atoms with Crippen LogP contribution >= 0.6 is 0 Å². The number of halogens is 1. The van der Waals surface area contributed by atoms with E-state index in [4.69, 9.17) is 4.74 Å². The number of aromatic nitrogens is 1. The minimum Gasteiger partial charge on any atom is -0.484 e. The fourth-order valence-electron chi connectivity index (χ4n) is 2.39. The summed E-state index contributed by atoms with van der Waals surface area (Å²) < 4.78 is 18.7. The Hall–Kier alpha value is -3.21. The van der Waals surface area contributed by atoms with Crippen molar-refractivity contribution in [2.75, 3.05) is 11.5 Å². The first-order valence-electron chi connectivity index (χ1n) is 7.85. The molecule has 0 fully saturated rings. The average molecular weight is 336 g/mol. The summed E-state index contributed by atoms with van der Waals surface area (Å²) in [5.74, 6) is -0.303. The van der Waals surface area contributed by atoms with Crippen molar-refractivity contribution in [3.8, 4) is 5.75 Å². The maximum absolute atomic E-state index is 13.2. The summed E-state index contributed by atoms with van der Waals surface area (Å²) in [6.07, 6.45) is 3.40. The fourth-order valence-corrected chi connectivity index (χ4v) is 2.39. The minimum atomic E-state index is -0.403. The summed E-state index contributed by atoms with van der Waals surface area (Å²) in [7, 11) is 0. The van der Waals surface area contributed by atoms with Crippen LogP contribution < -0.4 is 9.64 Å². The van der Waals surface area contributed by atoms with Gasteiger partial charge in [-0.05, 0) is 35.9 Å². The Labute approximate surface area is 145 Å². The number of pyridine rings is 1. The van der Waals surface area contributed by atoms with Crippen LogP contribution in [0, 0.1) is 5.82 Å². The van der Waals surface area contributed by atoms with Crippen LogP contribution in [-0.4, -0.2) is 17.5 Å². The first-order valence-corrected chi connectivity index (χ1v) is 7.85. The Morgan fingerprint density at radius 1 is 1.04 bits per heavy atom. The van der Waals surface area contributed by atoms with Gasteiger partial charge in [-0.15, -0.1) is 0 Å². The number of hydrogen-bond donors (Lipinski definition) is 0. The summed E-state index contributed by atoms with van der Waals surface area (Å²) in [6, 6.07) is 18.8. The number of nitrogens with zero attached hydrogens (tertiary/aromatic N) is 2. The van der Waals surface area contributed by atoms with Gasteiger partial charge in [0.05, 0.1) is 6.54 Å². The van der Waals surface area contributed by atoms with Gasteiger partial charge in [-0.2, -0.15) is 0 Å². The number of hydrogen-bond acceptors (Lipinski definition) is 3. The van der Waals surface area contributed by atoms with Crippen molar-refractivity contribution in [3.05, 3.63) is 90.5 Å². The lowest BCUT2D eigenvalue weighted by Gasteiger charge is -2.23. The summed E-state index contributed by atoms with van der Waals surface area (Å²) in [4.78, 5) is 18.4. The SMILES string of the molecule is O=C(COc1cccc(F)c1)N(Cc1cccnc1)c1ccccc1. The number of rotatable bonds is 6. The summed E-state index contributed by atoms with van der Waals surface area (Å²) >= 11 is 0. The fraction of sp³-hybridized carbons (Fsp3) is 0.100. The van der Waals surface area contributed by atoms with E-state index in [9.17, 15) is 9.18 Å². The predicted molar refractivity (Wildman–Crippen MR) is 93.8 cm³/mol. The van der Waals surface area contributed by atoms with Crippen LogP contribution in [0.5, 0.6) is 5.75 Å². The van der Waals surface area contributed by atoms with Crippen molar-refractivity contribution in [3.63, 3.8) is 0 Å². The number of para-hydroxylation sites is 1. The molecule has 4 nitrogen and oxygen atoms in total. The molecule has 0 atom stereocenters. The van der Waals surface area contributed by atoms with Crippen LogP contribution in [0.3, 0.4) is 0 Å². The lowest BCUT2D eigenvalue weighted by atomic mass is 10.2. The van der Waals surface area contributed by atoms with Crippen molar-refractivity contribution in [2.24, 2.45) is 0 Å². The minimum absolute atomic E-state index is 0.182. The van der Waals surface area contributed by atoms with Gasteiger partial charge in [0.1, 0.15) is 11.6 Å². The molecule has 0 bridgehead atoms. The second-order valence-electron chi connectivity index (χ2n) is 5.42. The number of anilines is 1. The summed E-state index contributed by atoms with van der Waals surface area (Å²) in [5.41, 5.74) is 1.67. The van der Waals surface area contributed by atoms with Gasteiger partial charge in [-0.25, -0.2) is 4.39 Å². The predicted octanol–water partition coefficient (Wildman–Crippen LogP) is 3.83. The number of carbonyl (C=O) groups is 1. The van der Waals surface area contributed by atoms with E-state index < -0.39 is 5.82 Å². The smallest absolute Gasteiger partial charge is 0.265 e. The maximum Gasteiger partial charge on any atom is 0.265 e. The third-order valence-electron chi connectivity index (χ3n) is 3.59. The Morgan fingerprint density at radius 3 is 2.60 bits per heavy atom. The molecule has 3 rings (SSSR count). The molecule has 0 saturated carbocycles. The molecule has 0 saturated heterocycles. The van der Waals surface area contributed by atoms with Crippen LogP contribution in [0.15, 0.2) is 79.1 Å². The molecular weight excluding hydrogens is 319 g/mol. The topological polar surface area (TPSA) is 42.4 Å². The van der Waals surface area contributed by atoms with E-state index in [0.29, 0.717) is 12.3 Å². The normalized spacial score (nSPS) is 10.3. The number of benzene rings is 2. The second kappa shape index (κ2) is 8.06. The van der Waals surface area contributed by atoms with E-state index >= 15 is 0 Å². The second-order valence-corrected chi connectivity index (χ2v) is 5.42. The molecule has 0 radical (unpaired) electrons. The average Bonchev–Trinajstić information content (AvgIpc) is 2.66. The molecule has 1 aromatic heterocycles. The quantitative estimate of drug-likeness (QED) is 0.687. The number of ether oxygens (including phenoxy) is 1. The Bertz CT molecular complexity index is 825. The van der Waals surface area contributed by atoms with E-state index in [1.807, 2.05) is 42.5 Å². The first kappa shape index (κ1) is 16.6. The van der Waals surface area contributed by atoms with Gasteiger partial charge >= 0.3 is 0 Å². The van der Waals surface area contributed by atoms with E-state index in [1.165, 1.54) is 12.1 Å². The van der Waals surface area contributed by atoms with E-state index in [1.54, 1.807) is 29.4 Å². The van der Waals surface area contributed by atoms with Gasteiger partial charge in [0, 0.05) is 24.1 Å². The highest BCUT2D eigenvalue weighted by Gasteiger charge is 2.17. The van der Waals surface area contributed by atoms with Gasteiger partial charge in [-0.1, -0.05) is 30.3 Å². The highest BCUT2D eigenvalue weighted by atomic mass is 19.1. The molecule has 3 aromatic rings. The van der Waals surface area contributed by atoms with Crippen molar-refractivity contribution in [1.82, 2.24) is 4.98 Å². The van der Waals surface area contributed by atoms with Gasteiger partial charge in [0.25, 0.3) is 5.91 Å². The lowest BCUT2D eigenvalue weighted by Crippen LogP contribution is -2.34. The highest BCUT2D eigenvalue weighted by Crippen LogP contribution is 2.18. The van der Waals surface area contributed by atoms with E-state index in [-0.39, 0.29) is 12.5 Å². The maximum atomic E-state index is 13.2. The lowest BCUT2D eigenvalue weighted by molar-refractivity contribution is -0.120. The monoisotopic (exact) mass is 336 g/mol. The molecule has 2 aromatic carbocycles. The van der Waals surface area contributed by atoms with Crippen molar-refractivity contribution in [2.45, 2.75) is 6.54 Å². The van der Waals surface area contributed by atoms with Crippen LogP contribution in [0.1, 0.15) is 5.56 Å². The van der Waals surface area contributed by atoms with E-state index in [0.717, 1.165) is 11.3 Å². The van der Waals surface area contributed by atoms with Crippen molar-refractivity contribution >= 4 is 11.6 Å². The van der Waals surface area contributed by atoms with Crippen LogP contribution in [-0.2, 0) is 11.3 Å². The van der Waals surface area contributed by atoms with Crippen molar-refractivity contribution in [1.29, 1.82) is 0 Å². The largest absolute Gasteiger partial charge is 0.484 e. The Kier molecular flexibility index (Phi) is 5.36. The van der Waals surface area contributed by atoms with Gasteiger partial charge in [-0.3, -0.25) is 9.78 Å². The standard InChI is InChI=1S/C20H17FN2O2/c21-17-7-4-10-19(12-17)25-15-20(24)23(18-8-2-1-3-9-18)14-16-6-5-11-22-13-16/h1-13H,14-15H2. The summed E-state index contributed by atoms with van der Waals surface area (Å²) in [6.45, 7) is 0.196. The van der Waals surface area contributed by atoms with E-state index in [2.05, 4.69) is 4.98 Å². The molecule has 0 aliphatic carbocycles. The zero-order chi connectivity index (χ0) is 17.5. The Balaban J connectivity index is 1.75. The summed E-state index contributed by atoms with van der Waals surface area (Å²) in [5, 5.41) is 0. The molecule has 0 N–H and O–H groups in total. The molecular formula is C20H17FN2O2. The molecule has 25 heavy (non-hydrogen) atoms. The number of amides is 1. The molecule has 0 aliphatic rings. The molecule has 0 spiro atoms. The third kappa shape index (κ3) is 4.64. The van der Waals surface area contributed by atoms with Gasteiger partial charge in [0.2, 0.25) is 0 Å². The molecule has 5 heteroatoms. The third-order valence-corrected chi connectivity index (χ3v) is 3.59. The molecule has 1 heterocycles. The van der Waals surface area contributed by atoms with Crippen LogP contribution in [0.25, 0.3) is 0 Å². The zero-order valence-electron chi connectivity index (χ0n) is 13.5. The molecule has 0 aliphatic heterocycles. The molecule has 0 unspecified atom stereocenters. The van der Waals surface area contributed by atoms with Crippen molar-refractivity contribution < 1.29 is 13.9 Å². The Morgan fingerprint density at radius 2 is 1.88 bits per heavy atom. The van der Waals surface area contributed by atoms with Gasteiger partial charge in [0.15, 0.2) is 6.61 Å². The van der Waals surface area contributed by atoms with Crippen LogP contribution in [0.2, 0.25) is 0 Å². The zero-order valence-corrected chi connectivity index (χ0v) is 13.5. The molecule has 1 amide bonds. The van der Waals surface area contributed by atoms with Gasteiger partial charge < -0.3 is 9.64 Å². The van der Waals surface area contributed by atoms with Crippen LogP contribution in [0.4, 0.5) is 10.1 Å². The number of carbonyl (C=O) groups excluding carboxylic acids is 1.